The van der Waals surface area contributed by atoms with E-state index < -0.39 is 5.97 Å². The van der Waals surface area contributed by atoms with E-state index in [0.717, 1.165) is 24.8 Å². The summed E-state index contributed by atoms with van der Waals surface area (Å²) >= 11 is 1.51. The van der Waals surface area contributed by atoms with Crippen molar-refractivity contribution < 1.29 is 11.0 Å². The van der Waals surface area contributed by atoms with Crippen LogP contribution in [-0.4, -0.2) is 22.5 Å². The number of thiophene rings is 1. The topological polar surface area (TPSA) is 72.0 Å². The molecule has 1 aliphatic carbocycles. The van der Waals surface area contributed by atoms with Crippen LogP contribution >= 0.6 is 11.3 Å². The number of H-pyrrole nitrogens is 1. The number of rotatable bonds is 2. The molecule has 0 amide bonds. The number of aromatic amines is 1. The Morgan fingerprint density at radius 3 is 3.17 bits per heavy atom. The number of hydrogen-bond donors (Lipinski definition) is 1. The molecule has 3 rings (SSSR count). The Hall–Kier alpha value is -1.69. The van der Waals surface area contributed by atoms with Gasteiger partial charge in [0.2, 0.25) is 5.82 Å². The van der Waals surface area contributed by atoms with Crippen LogP contribution in [0.2, 0.25) is 0 Å². The van der Waals surface area contributed by atoms with Gasteiger partial charge in [0, 0.05) is 6.30 Å². The van der Waals surface area contributed by atoms with Gasteiger partial charge in [0.05, 0.1) is 12.0 Å². The smallest absolute Gasteiger partial charge is 0.374 e. The maximum Gasteiger partial charge on any atom is 0.374 e. The van der Waals surface area contributed by atoms with Crippen molar-refractivity contribution in [2.75, 3.05) is 6.61 Å². The van der Waals surface area contributed by atoms with Gasteiger partial charge in [-0.3, -0.25) is 4.79 Å². The van der Waals surface area contributed by atoms with Crippen LogP contribution in [0, 0.1) is 0 Å². The minimum Gasteiger partial charge on any atom is -0.460 e. The molecule has 0 fully saturated rings. The number of aryl methyl sites for hydroxylation is 2. The van der Waals surface area contributed by atoms with Gasteiger partial charge in [-0.2, -0.15) is 0 Å². The van der Waals surface area contributed by atoms with E-state index in [9.17, 15) is 9.59 Å². The van der Waals surface area contributed by atoms with Gasteiger partial charge < -0.3 is 9.72 Å². The molecule has 0 unspecified atom stereocenters. The molecule has 0 radical (unpaired) electrons. The van der Waals surface area contributed by atoms with Gasteiger partial charge in [-0.15, -0.1) is 11.3 Å². The molecular formula is C12H14N2O3S. The molecular weight excluding hydrogens is 252 g/mol. The predicted molar refractivity (Wildman–Crippen MR) is 70.3 cm³/mol. The molecule has 0 saturated carbocycles. The number of carbonyl (C=O) groups is 1. The zero-order valence-electron chi connectivity index (χ0n) is 9.91. The van der Waals surface area contributed by atoms with E-state index >= 15 is 0 Å². The van der Waals surface area contributed by atoms with Gasteiger partial charge in [-0.25, -0.2) is 9.78 Å². The van der Waals surface area contributed by atoms with Crippen molar-refractivity contribution in [2.24, 2.45) is 0 Å². The second kappa shape index (κ2) is 4.20. The van der Waals surface area contributed by atoms with Crippen molar-refractivity contribution in [3.05, 3.63) is 26.6 Å². The van der Waals surface area contributed by atoms with Crippen molar-refractivity contribution in [3.63, 3.8) is 0 Å². The van der Waals surface area contributed by atoms with E-state index in [1.54, 1.807) is 6.92 Å². The SMILES string of the molecule is CCOC(=O)c1nc2sc3c(c2c(=O)[nH]1)CCC3.[HH]. The van der Waals surface area contributed by atoms with E-state index in [1.165, 1.54) is 16.2 Å². The van der Waals surface area contributed by atoms with Gasteiger partial charge in [-0.1, -0.05) is 0 Å². The van der Waals surface area contributed by atoms with E-state index in [1.807, 2.05) is 0 Å². The summed E-state index contributed by atoms with van der Waals surface area (Å²) < 4.78 is 4.84. The molecule has 0 spiro atoms. The molecule has 96 valence electrons. The van der Waals surface area contributed by atoms with Gasteiger partial charge in [0.1, 0.15) is 4.83 Å². The number of carbonyl (C=O) groups excluding carboxylic acids is 1. The lowest BCUT2D eigenvalue weighted by Gasteiger charge is -2.00. The average Bonchev–Trinajstić information content (AvgIpc) is 2.88. The monoisotopic (exact) mass is 266 g/mol. The Balaban J connectivity index is 0.00000133. The molecule has 0 saturated heterocycles. The van der Waals surface area contributed by atoms with Crippen LogP contribution in [0.1, 0.15) is 35.8 Å². The standard InChI is InChI=1S/C12H12N2O3S.H2/c1-2-17-12(16)9-13-10(15)8-6-4-3-5-7(6)18-11(8)14-9;/h2-5H2,1H3,(H,13,14,15);1H. The Kier molecular flexibility index (Phi) is 2.66. The molecule has 2 aromatic rings. The lowest BCUT2D eigenvalue weighted by molar-refractivity contribution is 0.0512. The highest BCUT2D eigenvalue weighted by Gasteiger charge is 2.22. The third-order valence-electron chi connectivity index (χ3n) is 3.04. The zero-order valence-corrected chi connectivity index (χ0v) is 10.7. The molecule has 1 N–H and O–H groups in total. The highest BCUT2D eigenvalue weighted by molar-refractivity contribution is 7.18. The number of hydrogen-bond acceptors (Lipinski definition) is 5. The van der Waals surface area contributed by atoms with E-state index in [0.29, 0.717) is 10.2 Å². The molecule has 1 aliphatic rings. The molecule has 0 aromatic carbocycles. The maximum atomic E-state index is 12.0. The first-order chi connectivity index (χ1) is 8.70. The van der Waals surface area contributed by atoms with Crippen molar-refractivity contribution in [2.45, 2.75) is 26.2 Å². The second-order valence-corrected chi connectivity index (χ2v) is 5.26. The molecule has 18 heavy (non-hydrogen) atoms. The molecule has 5 nitrogen and oxygen atoms in total. The summed E-state index contributed by atoms with van der Waals surface area (Å²) in [5.74, 6) is -0.584. The summed E-state index contributed by atoms with van der Waals surface area (Å²) in [6.45, 7) is 1.98. The second-order valence-electron chi connectivity index (χ2n) is 4.17. The van der Waals surface area contributed by atoms with Gasteiger partial charge in [0.25, 0.3) is 5.56 Å². The first-order valence-electron chi connectivity index (χ1n) is 5.92. The average molecular weight is 266 g/mol. The molecule has 0 atom stereocenters. The summed E-state index contributed by atoms with van der Waals surface area (Å²) in [5, 5.41) is 0.653. The van der Waals surface area contributed by atoms with Gasteiger partial charge in [-0.05, 0) is 31.7 Å². The van der Waals surface area contributed by atoms with Crippen LogP contribution in [0.25, 0.3) is 10.2 Å². The van der Waals surface area contributed by atoms with Crippen molar-refractivity contribution in [3.8, 4) is 0 Å². The highest BCUT2D eigenvalue weighted by Crippen LogP contribution is 2.34. The molecule has 0 aliphatic heterocycles. The number of esters is 1. The summed E-state index contributed by atoms with van der Waals surface area (Å²) in [6, 6.07) is 0. The van der Waals surface area contributed by atoms with Crippen LogP contribution in [-0.2, 0) is 17.6 Å². The van der Waals surface area contributed by atoms with Crippen LogP contribution in [0.5, 0.6) is 0 Å². The van der Waals surface area contributed by atoms with Gasteiger partial charge in [0.15, 0.2) is 0 Å². The summed E-state index contributed by atoms with van der Waals surface area (Å²) in [7, 11) is 0. The quantitative estimate of drug-likeness (QED) is 0.843. The minimum atomic E-state index is -0.579. The Bertz CT molecular complexity index is 692. The van der Waals surface area contributed by atoms with Crippen molar-refractivity contribution in [1.82, 2.24) is 9.97 Å². The first kappa shape index (κ1) is 11.4. The highest BCUT2D eigenvalue weighted by atomic mass is 32.1. The number of fused-ring (bicyclic) bond motifs is 3. The number of ether oxygens (including phenoxy) is 1. The number of aromatic nitrogens is 2. The van der Waals surface area contributed by atoms with E-state index in [-0.39, 0.29) is 19.4 Å². The predicted octanol–water partition coefficient (Wildman–Crippen LogP) is 1.90. The Morgan fingerprint density at radius 2 is 2.39 bits per heavy atom. The molecule has 6 heteroatoms. The van der Waals surface area contributed by atoms with Crippen molar-refractivity contribution >= 4 is 27.5 Å². The van der Waals surface area contributed by atoms with Crippen LogP contribution in [0.15, 0.2) is 4.79 Å². The number of nitrogens with zero attached hydrogens (tertiary/aromatic N) is 1. The minimum absolute atomic E-state index is 0. The Labute approximate surface area is 108 Å². The fraction of sp³-hybridized carbons (Fsp3) is 0.417. The van der Waals surface area contributed by atoms with Gasteiger partial charge >= 0.3 is 5.97 Å². The first-order valence-corrected chi connectivity index (χ1v) is 6.74. The molecule has 2 heterocycles. The fourth-order valence-corrected chi connectivity index (χ4v) is 3.56. The van der Waals surface area contributed by atoms with Crippen LogP contribution in [0.3, 0.4) is 0 Å². The van der Waals surface area contributed by atoms with Crippen LogP contribution in [0.4, 0.5) is 0 Å². The molecule has 0 bridgehead atoms. The maximum absolute atomic E-state index is 12.0. The fourth-order valence-electron chi connectivity index (χ4n) is 2.30. The third-order valence-corrected chi connectivity index (χ3v) is 4.23. The summed E-state index contributed by atoms with van der Waals surface area (Å²) in [4.78, 5) is 32.2. The third kappa shape index (κ3) is 1.64. The van der Waals surface area contributed by atoms with Crippen LogP contribution < -0.4 is 5.56 Å². The lowest BCUT2D eigenvalue weighted by Crippen LogP contribution is -2.17. The van der Waals surface area contributed by atoms with Crippen molar-refractivity contribution in [1.29, 1.82) is 0 Å². The largest absolute Gasteiger partial charge is 0.460 e. The normalized spacial score (nSPS) is 13.8. The number of nitrogens with one attached hydrogen (secondary N) is 1. The summed E-state index contributed by atoms with van der Waals surface area (Å²) in [6.07, 6.45) is 3.03. The van der Waals surface area contributed by atoms with E-state index in [2.05, 4.69) is 9.97 Å². The lowest BCUT2D eigenvalue weighted by atomic mass is 10.2. The molecule has 2 aromatic heterocycles. The zero-order chi connectivity index (χ0) is 12.7. The Morgan fingerprint density at radius 1 is 1.56 bits per heavy atom. The summed E-state index contributed by atoms with van der Waals surface area (Å²) in [5.41, 5.74) is 0.876. The van der Waals surface area contributed by atoms with E-state index in [4.69, 9.17) is 4.74 Å².